The van der Waals surface area contributed by atoms with Crippen LogP contribution in [0.3, 0.4) is 0 Å². The van der Waals surface area contributed by atoms with Crippen molar-refractivity contribution in [1.29, 1.82) is 0 Å². The number of anilines is 1. The van der Waals surface area contributed by atoms with Gasteiger partial charge in [-0.05, 0) is 96.2 Å². The van der Waals surface area contributed by atoms with Gasteiger partial charge >= 0.3 is 6.09 Å². The number of amides is 2. The average molecular weight is 640 g/mol. The van der Waals surface area contributed by atoms with Gasteiger partial charge in [-0.1, -0.05) is 5.92 Å². The van der Waals surface area contributed by atoms with Gasteiger partial charge in [0.25, 0.3) is 5.56 Å². The predicted octanol–water partition coefficient (Wildman–Crippen LogP) is 3.31. The minimum atomic E-state index is -0.871. The van der Waals surface area contributed by atoms with E-state index < -0.39 is 29.2 Å². The van der Waals surface area contributed by atoms with E-state index in [2.05, 4.69) is 27.1 Å². The summed E-state index contributed by atoms with van der Waals surface area (Å²) < 4.78 is 7.01. The fourth-order valence-corrected chi connectivity index (χ4v) is 4.86. The second-order valence-electron chi connectivity index (χ2n) is 13.0. The van der Waals surface area contributed by atoms with Gasteiger partial charge in [-0.2, -0.15) is 0 Å². The van der Waals surface area contributed by atoms with E-state index in [1.807, 2.05) is 44.4 Å². The van der Waals surface area contributed by atoms with Gasteiger partial charge < -0.3 is 25.7 Å². The van der Waals surface area contributed by atoms with Crippen molar-refractivity contribution in [3.8, 4) is 23.1 Å². The molecule has 0 aliphatic carbocycles. The molecule has 12 nitrogen and oxygen atoms in total. The first-order valence-corrected chi connectivity index (χ1v) is 15.3. The van der Waals surface area contributed by atoms with Crippen molar-refractivity contribution in [2.24, 2.45) is 12.8 Å². The van der Waals surface area contributed by atoms with Crippen LogP contribution in [-0.4, -0.2) is 62.2 Å². The number of carbonyl (C=O) groups is 2. The Morgan fingerprint density at radius 3 is 2.38 bits per heavy atom. The fraction of sp³-hybridized carbons (Fsp3) is 0.371. The molecule has 0 saturated heterocycles. The summed E-state index contributed by atoms with van der Waals surface area (Å²) in [5.74, 6) is 6.57. The van der Waals surface area contributed by atoms with Crippen LogP contribution in [-0.2, 0) is 22.1 Å². The molecular formula is C35H43N8O4+. The van der Waals surface area contributed by atoms with Crippen LogP contribution in [0.5, 0.6) is 0 Å². The molecule has 1 aromatic carbocycles. The number of benzene rings is 1. The standard InChI is InChI=1S/C35H42N8O4/c1-20(42(9)33(46)47-34(3,4)5)32(45)41-27-19-24(29-30(37-8)31(35(6,7)36)39-21(2)38-29)18-25(40-27)14-11-22-12-15-26-23(17-22)13-16-28(44)43(26)10/h12-13,15-20,37H,36H2,1-10H3,(H,40,41,45)/p+1. The van der Waals surface area contributed by atoms with Crippen molar-refractivity contribution in [2.75, 3.05) is 19.4 Å². The number of carbonyl (C=O) groups excluding carboxylic acids is 2. The molecule has 0 aliphatic heterocycles. The summed E-state index contributed by atoms with van der Waals surface area (Å²) in [4.78, 5) is 53.3. The van der Waals surface area contributed by atoms with E-state index in [1.54, 1.807) is 64.4 Å². The third kappa shape index (κ3) is 8.19. The lowest BCUT2D eigenvalue weighted by atomic mass is 9.97. The normalized spacial score (nSPS) is 12.2. The van der Waals surface area contributed by atoms with Crippen LogP contribution >= 0.6 is 0 Å². The van der Waals surface area contributed by atoms with Crippen LogP contribution in [0.25, 0.3) is 22.2 Å². The molecule has 2 amide bonds. The molecule has 4 aromatic rings. The lowest BCUT2D eigenvalue weighted by Crippen LogP contribution is -2.74. The van der Waals surface area contributed by atoms with Crippen molar-refractivity contribution >= 4 is 34.4 Å². The summed E-state index contributed by atoms with van der Waals surface area (Å²) in [6.45, 7) is 12.4. The third-order valence-corrected chi connectivity index (χ3v) is 7.41. The molecule has 0 fully saturated rings. The Labute approximate surface area is 274 Å². The highest BCUT2D eigenvalue weighted by molar-refractivity contribution is 5.96. The van der Waals surface area contributed by atoms with Crippen LogP contribution in [0.1, 0.15) is 64.3 Å². The molecular weight excluding hydrogens is 596 g/mol. The van der Waals surface area contributed by atoms with Crippen molar-refractivity contribution in [1.82, 2.24) is 24.4 Å². The number of pyridine rings is 2. The van der Waals surface area contributed by atoms with Crippen molar-refractivity contribution in [3.05, 3.63) is 75.6 Å². The Kier molecular flexibility index (Phi) is 9.84. The van der Waals surface area contributed by atoms with Gasteiger partial charge in [0.2, 0.25) is 5.91 Å². The number of nitrogens with two attached hydrogens (primary N) is 2. The zero-order chi connectivity index (χ0) is 34.8. The van der Waals surface area contributed by atoms with Gasteiger partial charge in [0.1, 0.15) is 40.4 Å². The number of hydrogen-bond donors (Lipinski definition) is 3. The number of fused-ring (bicyclic) bond motifs is 1. The number of quaternary nitrogens is 1. The molecule has 47 heavy (non-hydrogen) atoms. The quantitative estimate of drug-likeness (QED) is 0.271. The predicted molar refractivity (Wildman–Crippen MR) is 182 cm³/mol. The molecule has 12 heteroatoms. The van der Waals surface area contributed by atoms with E-state index in [-0.39, 0.29) is 11.4 Å². The van der Waals surface area contributed by atoms with Crippen molar-refractivity contribution < 1.29 is 19.6 Å². The average Bonchev–Trinajstić information content (AvgIpc) is 2.99. The molecule has 1 atom stereocenters. The van der Waals surface area contributed by atoms with E-state index in [4.69, 9.17) is 15.5 Å². The zero-order valence-corrected chi connectivity index (χ0v) is 28.6. The first-order chi connectivity index (χ1) is 21.9. The van der Waals surface area contributed by atoms with E-state index >= 15 is 0 Å². The molecule has 0 saturated carbocycles. The van der Waals surface area contributed by atoms with E-state index in [0.29, 0.717) is 34.0 Å². The zero-order valence-electron chi connectivity index (χ0n) is 28.6. The molecule has 1 unspecified atom stereocenters. The Bertz CT molecular complexity index is 1980. The minimum absolute atomic E-state index is 0.0941. The van der Waals surface area contributed by atoms with Gasteiger partial charge in [-0.15, -0.1) is 0 Å². The molecule has 0 radical (unpaired) electrons. The van der Waals surface area contributed by atoms with Crippen molar-refractivity contribution in [2.45, 2.75) is 65.6 Å². The highest BCUT2D eigenvalue weighted by Crippen LogP contribution is 2.31. The molecule has 0 aliphatic rings. The van der Waals surface area contributed by atoms with Gasteiger partial charge in [-0.3, -0.25) is 14.5 Å². The Morgan fingerprint density at radius 2 is 1.74 bits per heavy atom. The maximum absolute atomic E-state index is 13.4. The Morgan fingerprint density at radius 1 is 1.04 bits per heavy atom. The van der Waals surface area contributed by atoms with Crippen LogP contribution in [0.4, 0.5) is 16.3 Å². The first kappa shape index (κ1) is 34.7. The SMILES string of the molecule is C[NH2+]c1c(-c2cc(C#Cc3ccc4c(ccc(=O)n4C)c3)nc(NC(=O)C(C)N(C)C(=O)OC(C)(C)C)c2)nc(C)nc1C(C)(C)N. The van der Waals surface area contributed by atoms with Gasteiger partial charge in [0.05, 0.1) is 18.1 Å². The number of nitrogens with one attached hydrogen (secondary N) is 1. The highest BCUT2D eigenvalue weighted by Gasteiger charge is 2.29. The fourth-order valence-electron chi connectivity index (χ4n) is 4.86. The Hall–Kier alpha value is -5.12. The summed E-state index contributed by atoms with van der Waals surface area (Å²) in [6.07, 6.45) is -0.625. The molecule has 246 valence electrons. The van der Waals surface area contributed by atoms with Crippen molar-refractivity contribution in [3.63, 3.8) is 0 Å². The minimum Gasteiger partial charge on any atom is -0.444 e. The number of nitrogens with zero attached hydrogens (tertiary/aromatic N) is 5. The Balaban J connectivity index is 1.80. The number of likely N-dealkylation sites (N-methyl/N-ethyl adjacent to an activating group) is 1. The van der Waals surface area contributed by atoms with Crippen LogP contribution in [0.15, 0.2) is 47.3 Å². The smallest absolute Gasteiger partial charge is 0.410 e. The number of aryl methyl sites for hydroxylation is 2. The summed E-state index contributed by atoms with van der Waals surface area (Å²) in [5.41, 5.74) is 9.51. The van der Waals surface area contributed by atoms with Crippen LogP contribution in [0.2, 0.25) is 0 Å². The van der Waals surface area contributed by atoms with E-state index in [0.717, 1.165) is 16.6 Å². The lowest BCUT2D eigenvalue weighted by Gasteiger charge is -2.28. The monoisotopic (exact) mass is 639 g/mol. The molecule has 0 spiro atoms. The lowest BCUT2D eigenvalue weighted by molar-refractivity contribution is -0.540. The maximum atomic E-state index is 13.4. The summed E-state index contributed by atoms with van der Waals surface area (Å²) >= 11 is 0. The van der Waals surface area contributed by atoms with Gasteiger partial charge in [0, 0.05) is 31.3 Å². The van der Waals surface area contributed by atoms with E-state index in [1.165, 1.54) is 18.0 Å². The number of ether oxygens (including phenoxy) is 1. The van der Waals surface area contributed by atoms with Gasteiger partial charge in [-0.25, -0.2) is 19.7 Å². The van der Waals surface area contributed by atoms with Crippen LogP contribution in [0, 0.1) is 18.8 Å². The number of hydrogen-bond acceptors (Lipinski definition) is 8. The van der Waals surface area contributed by atoms with Crippen LogP contribution < -0.4 is 21.9 Å². The topological polar surface area (TPSA) is 162 Å². The molecule has 4 rings (SSSR count). The second kappa shape index (κ2) is 13.3. The third-order valence-electron chi connectivity index (χ3n) is 7.41. The largest absolute Gasteiger partial charge is 0.444 e. The number of aromatic nitrogens is 4. The first-order valence-electron chi connectivity index (χ1n) is 15.3. The molecule has 3 heterocycles. The molecule has 3 aromatic heterocycles. The summed E-state index contributed by atoms with van der Waals surface area (Å²) in [5, 5.41) is 5.62. The van der Waals surface area contributed by atoms with Gasteiger partial charge in [0.15, 0.2) is 5.69 Å². The maximum Gasteiger partial charge on any atom is 0.410 e. The second-order valence-corrected chi connectivity index (χ2v) is 13.0. The molecule has 0 bridgehead atoms. The number of rotatable bonds is 6. The highest BCUT2D eigenvalue weighted by atomic mass is 16.6. The molecule has 5 N–H and O–H groups in total. The summed E-state index contributed by atoms with van der Waals surface area (Å²) in [6, 6.07) is 11.5. The summed E-state index contributed by atoms with van der Waals surface area (Å²) in [7, 11) is 5.12. The van der Waals surface area contributed by atoms with E-state index in [9.17, 15) is 14.4 Å².